The van der Waals surface area contributed by atoms with Gasteiger partial charge in [0, 0.05) is 26.7 Å². The van der Waals surface area contributed by atoms with E-state index in [1.807, 2.05) is 0 Å². The van der Waals surface area contributed by atoms with Crippen LogP contribution >= 0.6 is 0 Å². The molecule has 3 rings (SSSR count). The second-order valence-electron chi connectivity index (χ2n) is 4.31. The molecular weight excluding hydrogens is 188 g/mol. The van der Waals surface area contributed by atoms with Crippen molar-refractivity contribution in [2.24, 2.45) is 0 Å². The maximum atomic E-state index is 5.30. The van der Waals surface area contributed by atoms with Crippen LogP contribution in [0, 0.1) is 0 Å². The van der Waals surface area contributed by atoms with Gasteiger partial charge in [-0.3, -0.25) is 0 Å². The lowest BCUT2D eigenvalue weighted by Gasteiger charge is -2.36. The van der Waals surface area contributed by atoms with Crippen LogP contribution in [0.5, 0.6) is 0 Å². The maximum Gasteiger partial charge on any atom is 0.0984 e. The third kappa shape index (κ3) is 1.67. The summed E-state index contributed by atoms with van der Waals surface area (Å²) in [5.41, 5.74) is 2.69. The molecule has 0 saturated carbocycles. The van der Waals surface area contributed by atoms with Crippen molar-refractivity contribution in [1.29, 1.82) is 0 Å². The number of nitrogens with zero attached hydrogens (tertiary/aromatic N) is 2. The zero-order valence-corrected chi connectivity index (χ0v) is 9.02. The summed E-state index contributed by atoms with van der Waals surface area (Å²) in [7, 11) is 2.16. The van der Waals surface area contributed by atoms with Crippen molar-refractivity contribution in [2.45, 2.75) is 6.10 Å². The van der Waals surface area contributed by atoms with Gasteiger partial charge in [0.1, 0.15) is 0 Å². The Hall–Kier alpha value is -1.22. The van der Waals surface area contributed by atoms with Crippen LogP contribution in [0.1, 0.15) is 0 Å². The predicted molar refractivity (Wildman–Crippen MR) is 61.7 cm³/mol. The Kier molecular flexibility index (Phi) is 2.06. The molecule has 1 atom stereocenters. The molecule has 3 nitrogen and oxygen atoms in total. The van der Waals surface area contributed by atoms with Crippen molar-refractivity contribution < 1.29 is 4.74 Å². The zero-order chi connectivity index (χ0) is 10.3. The van der Waals surface area contributed by atoms with E-state index in [0.717, 1.165) is 26.2 Å². The van der Waals surface area contributed by atoms with Crippen molar-refractivity contribution in [2.75, 3.05) is 43.1 Å². The Labute approximate surface area is 90.2 Å². The fraction of sp³-hybridized carbons (Fsp3) is 0.500. The number of anilines is 2. The number of benzene rings is 1. The van der Waals surface area contributed by atoms with Crippen molar-refractivity contribution in [3.63, 3.8) is 0 Å². The van der Waals surface area contributed by atoms with E-state index in [9.17, 15) is 0 Å². The number of rotatable bonds is 2. The molecule has 2 aliphatic rings. The number of likely N-dealkylation sites (N-methyl/N-ethyl adjacent to an activating group) is 1. The van der Waals surface area contributed by atoms with Gasteiger partial charge in [-0.25, -0.2) is 0 Å². The Balaban J connectivity index is 1.89. The second kappa shape index (κ2) is 3.42. The average molecular weight is 204 g/mol. The van der Waals surface area contributed by atoms with Crippen LogP contribution in [0.25, 0.3) is 0 Å². The molecule has 0 bridgehead atoms. The molecule has 2 aliphatic heterocycles. The molecular formula is C12H16N2O. The summed E-state index contributed by atoms with van der Waals surface area (Å²) in [6.45, 7) is 4.19. The lowest BCUT2D eigenvalue weighted by Crippen LogP contribution is -2.40. The number of ether oxygens (including phenoxy) is 1. The molecule has 15 heavy (non-hydrogen) atoms. The summed E-state index contributed by atoms with van der Waals surface area (Å²) in [5.74, 6) is 0. The summed E-state index contributed by atoms with van der Waals surface area (Å²) >= 11 is 0. The lowest BCUT2D eigenvalue weighted by molar-refractivity contribution is 0.407. The highest BCUT2D eigenvalue weighted by molar-refractivity contribution is 5.73. The highest BCUT2D eigenvalue weighted by atomic mass is 16.6. The van der Waals surface area contributed by atoms with Crippen LogP contribution in [0.2, 0.25) is 0 Å². The highest BCUT2D eigenvalue weighted by Gasteiger charge is 2.28. The molecule has 0 N–H and O–H groups in total. The lowest BCUT2D eigenvalue weighted by atomic mass is 10.1. The topological polar surface area (TPSA) is 19.0 Å². The molecule has 1 saturated heterocycles. The van der Waals surface area contributed by atoms with Crippen molar-refractivity contribution in [1.82, 2.24) is 0 Å². The Morgan fingerprint density at radius 2 is 2.00 bits per heavy atom. The fourth-order valence-electron chi connectivity index (χ4n) is 2.17. The van der Waals surface area contributed by atoms with E-state index < -0.39 is 0 Å². The van der Waals surface area contributed by atoms with Crippen molar-refractivity contribution in [3.8, 4) is 0 Å². The molecule has 0 spiro atoms. The summed E-state index contributed by atoms with van der Waals surface area (Å²) < 4.78 is 5.30. The predicted octanol–water partition coefficient (Wildman–Crippen LogP) is 1.34. The monoisotopic (exact) mass is 204 g/mol. The molecule has 1 fully saturated rings. The van der Waals surface area contributed by atoms with Gasteiger partial charge in [-0.2, -0.15) is 0 Å². The quantitative estimate of drug-likeness (QED) is 0.678. The fourth-order valence-corrected chi connectivity index (χ4v) is 2.17. The molecule has 0 radical (unpaired) electrons. The first kappa shape index (κ1) is 9.04. The number of para-hydroxylation sites is 2. The van der Waals surface area contributed by atoms with Gasteiger partial charge in [0.2, 0.25) is 0 Å². The summed E-state index contributed by atoms with van der Waals surface area (Å²) in [6, 6.07) is 8.60. The Morgan fingerprint density at radius 1 is 1.27 bits per heavy atom. The third-order valence-electron chi connectivity index (χ3n) is 3.17. The molecule has 0 aromatic heterocycles. The number of fused-ring (bicyclic) bond motifs is 1. The summed E-state index contributed by atoms with van der Waals surface area (Å²) in [5, 5.41) is 0. The van der Waals surface area contributed by atoms with Gasteiger partial charge in [0.25, 0.3) is 0 Å². The first-order chi connectivity index (χ1) is 7.34. The third-order valence-corrected chi connectivity index (χ3v) is 3.17. The van der Waals surface area contributed by atoms with Gasteiger partial charge in [0.05, 0.1) is 24.1 Å². The maximum absolute atomic E-state index is 5.30. The highest BCUT2D eigenvalue weighted by Crippen LogP contribution is 2.32. The van der Waals surface area contributed by atoms with E-state index in [-0.39, 0.29) is 0 Å². The Bertz CT molecular complexity index is 362. The average Bonchev–Trinajstić information content (AvgIpc) is 3.07. The van der Waals surface area contributed by atoms with Crippen LogP contribution in [0.3, 0.4) is 0 Å². The van der Waals surface area contributed by atoms with Gasteiger partial charge in [-0.15, -0.1) is 0 Å². The number of hydrogen-bond donors (Lipinski definition) is 0. The molecule has 2 heterocycles. The molecule has 1 aromatic carbocycles. The van der Waals surface area contributed by atoms with Gasteiger partial charge in [-0.1, -0.05) is 12.1 Å². The molecule has 3 heteroatoms. The van der Waals surface area contributed by atoms with Crippen molar-refractivity contribution in [3.05, 3.63) is 24.3 Å². The van der Waals surface area contributed by atoms with E-state index in [1.165, 1.54) is 11.4 Å². The number of epoxide rings is 1. The van der Waals surface area contributed by atoms with Gasteiger partial charge in [0.15, 0.2) is 0 Å². The van der Waals surface area contributed by atoms with Crippen LogP contribution in [-0.4, -0.2) is 39.4 Å². The number of hydrogen-bond acceptors (Lipinski definition) is 3. The smallest absolute Gasteiger partial charge is 0.0984 e. The van der Waals surface area contributed by atoms with Crippen LogP contribution < -0.4 is 9.80 Å². The van der Waals surface area contributed by atoms with Crippen LogP contribution in [0.4, 0.5) is 11.4 Å². The minimum atomic E-state index is 0.474. The largest absolute Gasteiger partial charge is 0.371 e. The van der Waals surface area contributed by atoms with Crippen LogP contribution in [0.15, 0.2) is 24.3 Å². The minimum absolute atomic E-state index is 0.474. The van der Waals surface area contributed by atoms with E-state index in [0.29, 0.717) is 6.10 Å². The second-order valence-corrected chi connectivity index (χ2v) is 4.31. The Morgan fingerprint density at radius 3 is 2.73 bits per heavy atom. The molecule has 1 unspecified atom stereocenters. The summed E-state index contributed by atoms with van der Waals surface area (Å²) in [6.07, 6.45) is 0.474. The van der Waals surface area contributed by atoms with Gasteiger partial charge < -0.3 is 14.5 Å². The molecule has 0 aliphatic carbocycles. The van der Waals surface area contributed by atoms with Crippen molar-refractivity contribution >= 4 is 11.4 Å². The first-order valence-corrected chi connectivity index (χ1v) is 5.51. The normalized spacial score (nSPS) is 23.9. The van der Waals surface area contributed by atoms with E-state index in [2.05, 4.69) is 41.1 Å². The van der Waals surface area contributed by atoms with Gasteiger partial charge >= 0.3 is 0 Å². The zero-order valence-electron chi connectivity index (χ0n) is 9.02. The van der Waals surface area contributed by atoms with Crippen LogP contribution in [-0.2, 0) is 4.74 Å². The molecule has 1 aromatic rings. The van der Waals surface area contributed by atoms with E-state index >= 15 is 0 Å². The first-order valence-electron chi connectivity index (χ1n) is 5.51. The SMILES string of the molecule is CN1CCN(CC2CO2)c2ccccc21. The van der Waals surface area contributed by atoms with E-state index in [1.54, 1.807) is 0 Å². The van der Waals surface area contributed by atoms with E-state index in [4.69, 9.17) is 4.74 Å². The molecule has 80 valence electrons. The minimum Gasteiger partial charge on any atom is -0.371 e. The summed E-state index contributed by atoms with van der Waals surface area (Å²) in [4.78, 5) is 4.76. The van der Waals surface area contributed by atoms with Gasteiger partial charge in [-0.05, 0) is 12.1 Å². The standard InChI is InChI=1S/C12H16N2O/c1-13-6-7-14(8-10-9-15-10)12-5-3-2-4-11(12)13/h2-5,10H,6-9H2,1H3. The molecule has 0 amide bonds.